The Morgan fingerprint density at radius 3 is 2.75 bits per heavy atom. The summed E-state index contributed by atoms with van der Waals surface area (Å²) in [6.45, 7) is 1.67. The molecule has 1 aliphatic rings. The highest BCUT2D eigenvalue weighted by molar-refractivity contribution is 5.95. The molecule has 1 heterocycles. The van der Waals surface area contributed by atoms with Crippen molar-refractivity contribution in [2.75, 3.05) is 0 Å². The van der Waals surface area contributed by atoms with Crippen LogP contribution in [-0.4, -0.2) is 28.2 Å². The van der Waals surface area contributed by atoms with Gasteiger partial charge in [0.1, 0.15) is 11.8 Å². The van der Waals surface area contributed by atoms with Gasteiger partial charge >= 0.3 is 5.97 Å². The molecule has 0 saturated heterocycles. The van der Waals surface area contributed by atoms with E-state index in [1.807, 2.05) is 0 Å². The number of carboxylic acids is 1. The summed E-state index contributed by atoms with van der Waals surface area (Å²) in [5, 5.41) is 14.9. The van der Waals surface area contributed by atoms with Crippen LogP contribution in [0.2, 0.25) is 0 Å². The predicted molar refractivity (Wildman–Crippen MR) is 52.9 cm³/mol. The van der Waals surface area contributed by atoms with Crippen molar-refractivity contribution in [3.05, 3.63) is 17.5 Å². The lowest BCUT2D eigenvalue weighted by atomic mass is 10.2. The Hall–Kier alpha value is -1.85. The third-order valence-electron chi connectivity index (χ3n) is 2.51. The number of hydrogen-bond donors (Lipinski definition) is 2. The SMILES string of the molecule is Cc1cc(C(=O)NC(C(=O)O)C2CC2)no1. The van der Waals surface area contributed by atoms with Gasteiger partial charge in [0.25, 0.3) is 5.91 Å². The van der Waals surface area contributed by atoms with Gasteiger partial charge in [-0.2, -0.15) is 0 Å². The molecule has 1 atom stereocenters. The summed E-state index contributed by atoms with van der Waals surface area (Å²) in [6.07, 6.45) is 1.68. The number of carbonyl (C=O) groups excluding carboxylic acids is 1. The zero-order chi connectivity index (χ0) is 11.7. The molecule has 1 aromatic rings. The molecule has 0 aliphatic heterocycles. The maximum Gasteiger partial charge on any atom is 0.326 e. The van der Waals surface area contributed by atoms with Crippen LogP contribution in [0.3, 0.4) is 0 Å². The maximum atomic E-state index is 11.6. The van der Waals surface area contributed by atoms with E-state index in [2.05, 4.69) is 10.5 Å². The Balaban J connectivity index is 2.02. The average Bonchev–Trinajstić information content (AvgIpc) is 2.96. The smallest absolute Gasteiger partial charge is 0.326 e. The Bertz CT molecular complexity index is 422. The summed E-state index contributed by atoms with van der Waals surface area (Å²) in [7, 11) is 0. The number of hydrogen-bond acceptors (Lipinski definition) is 4. The number of amides is 1. The van der Waals surface area contributed by atoms with Gasteiger partial charge in [0, 0.05) is 6.07 Å². The topological polar surface area (TPSA) is 92.4 Å². The van der Waals surface area contributed by atoms with Gasteiger partial charge in [-0.15, -0.1) is 0 Å². The van der Waals surface area contributed by atoms with E-state index >= 15 is 0 Å². The van der Waals surface area contributed by atoms with Gasteiger partial charge in [-0.05, 0) is 25.7 Å². The summed E-state index contributed by atoms with van der Waals surface area (Å²) in [6, 6.07) is 0.658. The van der Waals surface area contributed by atoms with Crippen LogP contribution in [-0.2, 0) is 4.79 Å². The quantitative estimate of drug-likeness (QED) is 0.780. The van der Waals surface area contributed by atoms with Crippen molar-refractivity contribution in [2.45, 2.75) is 25.8 Å². The molecule has 86 valence electrons. The molecule has 0 radical (unpaired) electrons. The summed E-state index contributed by atoms with van der Waals surface area (Å²) < 4.78 is 4.75. The molecule has 2 rings (SSSR count). The van der Waals surface area contributed by atoms with Gasteiger partial charge in [0.2, 0.25) is 0 Å². The van der Waals surface area contributed by atoms with Crippen molar-refractivity contribution in [3.63, 3.8) is 0 Å². The van der Waals surface area contributed by atoms with E-state index in [0.29, 0.717) is 5.76 Å². The lowest BCUT2D eigenvalue weighted by Crippen LogP contribution is -2.42. The van der Waals surface area contributed by atoms with Crippen LogP contribution in [0.1, 0.15) is 29.1 Å². The first-order valence-electron chi connectivity index (χ1n) is 5.05. The van der Waals surface area contributed by atoms with Crippen LogP contribution >= 0.6 is 0 Å². The summed E-state index contributed by atoms with van der Waals surface area (Å²) in [4.78, 5) is 22.5. The molecular formula is C10H12N2O4. The van der Waals surface area contributed by atoms with E-state index in [9.17, 15) is 9.59 Å². The van der Waals surface area contributed by atoms with E-state index in [1.54, 1.807) is 6.92 Å². The standard InChI is InChI=1S/C10H12N2O4/c1-5-4-7(12-16-5)9(13)11-8(10(14)15)6-2-3-6/h4,6,8H,2-3H2,1H3,(H,11,13)(H,14,15). The number of rotatable bonds is 4. The summed E-state index contributed by atoms with van der Waals surface area (Å²) in [5.74, 6) is -0.940. The largest absolute Gasteiger partial charge is 0.480 e. The molecule has 1 saturated carbocycles. The Morgan fingerprint density at radius 1 is 1.62 bits per heavy atom. The van der Waals surface area contributed by atoms with Gasteiger partial charge in [0.15, 0.2) is 5.69 Å². The van der Waals surface area contributed by atoms with Crippen molar-refractivity contribution in [1.29, 1.82) is 0 Å². The monoisotopic (exact) mass is 224 g/mol. The van der Waals surface area contributed by atoms with Crippen molar-refractivity contribution in [3.8, 4) is 0 Å². The zero-order valence-corrected chi connectivity index (χ0v) is 8.77. The van der Waals surface area contributed by atoms with Crippen LogP contribution in [0.25, 0.3) is 0 Å². The molecular weight excluding hydrogens is 212 g/mol. The van der Waals surface area contributed by atoms with Crippen LogP contribution < -0.4 is 5.32 Å². The van der Waals surface area contributed by atoms with Gasteiger partial charge in [-0.25, -0.2) is 4.79 Å². The first-order chi connectivity index (χ1) is 7.58. The van der Waals surface area contributed by atoms with Gasteiger partial charge in [0.05, 0.1) is 0 Å². The first-order valence-corrected chi connectivity index (χ1v) is 5.05. The molecule has 0 bridgehead atoms. The second-order valence-corrected chi connectivity index (χ2v) is 3.95. The molecule has 1 fully saturated rings. The van der Waals surface area contributed by atoms with Crippen LogP contribution in [0.4, 0.5) is 0 Å². The number of nitrogens with one attached hydrogen (secondary N) is 1. The Morgan fingerprint density at radius 2 is 2.31 bits per heavy atom. The second-order valence-electron chi connectivity index (χ2n) is 3.95. The molecule has 1 aliphatic carbocycles. The number of aliphatic carboxylic acids is 1. The number of carbonyl (C=O) groups is 2. The van der Waals surface area contributed by atoms with E-state index in [0.717, 1.165) is 12.8 Å². The fourth-order valence-corrected chi connectivity index (χ4v) is 1.50. The summed E-state index contributed by atoms with van der Waals surface area (Å²) in [5.41, 5.74) is 0.115. The van der Waals surface area contributed by atoms with Gasteiger partial charge in [-0.1, -0.05) is 5.16 Å². The van der Waals surface area contributed by atoms with Crippen molar-refractivity contribution in [2.24, 2.45) is 5.92 Å². The molecule has 2 N–H and O–H groups in total. The molecule has 0 spiro atoms. The highest BCUT2D eigenvalue weighted by Crippen LogP contribution is 2.32. The van der Waals surface area contributed by atoms with Crippen molar-refractivity contribution < 1.29 is 19.2 Å². The third-order valence-corrected chi connectivity index (χ3v) is 2.51. The van der Waals surface area contributed by atoms with E-state index in [1.165, 1.54) is 6.07 Å². The highest BCUT2D eigenvalue weighted by atomic mass is 16.5. The number of carboxylic acid groups (broad SMARTS) is 1. The van der Waals surface area contributed by atoms with E-state index in [4.69, 9.17) is 9.63 Å². The molecule has 6 nitrogen and oxygen atoms in total. The maximum absolute atomic E-state index is 11.6. The fourth-order valence-electron chi connectivity index (χ4n) is 1.50. The van der Waals surface area contributed by atoms with Crippen LogP contribution in [0, 0.1) is 12.8 Å². The minimum Gasteiger partial charge on any atom is -0.480 e. The fraction of sp³-hybridized carbons (Fsp3) is 0.500. The Kier molecular flexibility index (Phi) is 2.64. The average molecular weight is 224 g/mol. The van der Waals surface area contributed by atoms with Gasteiger partial charge in [-0.3, -0.25) is 4.79 Å². The van der Waals surface area contributed by atoms with E-state index < -0.39 is 17.9 Å². The zero-order valence-electron chi connectivity index (χ0n) is 8.77. The molecule has 6 heteroatoms. The molecule has 1 unspecified atom stereocenters. The molecule has 16 heavy (non-hydrogen) atoms. The lowest BCUT2D eigenvalue weighted by Gasteiger charge is -2.11. The van der Waals surface area contributed by atoms with Crippen molar-refractivity contribution >= 4 is 11.9 Å². The van der Waals surface area contributed by atoms with Crippen molar-refractivity contribution in [1.82, 2.24) is 10.5 Å². The number of aryl methyl sites for hydroxylation is 1. The minimum atomic E-state index is -1.00. The summed E-state index contributed by atoms with van der Waals surface area (Å²) >= 11 is 0. The van der Waals surface area contributed by atoms with Crippen LogP contribution in [0.5, 0.6) is 0 Å². The highest BCUT2D eigenvalue weighted by Gasteiger charge is 2.37. The van der Waals surface area contributed by atoms with Crippen LogP contribution in [0.15, 0.2) is 10.6 Å². The molecule has 0 aromatic carbocycles. The molecule has 1 aromatic heterocycles. The number of aromatic nitrogens is 1. The second kappa shape index (κ2) is 3.96. The van der Waals surface area contributed by atoms with Gasteiger partial charge < -0.3 is 14.9 Å². The minimum absolute atomic E-state index is 0.0504. The Labute approximate surface area is 91.6 Å². The lowest BCUT2D eigenvalue weighted by molar-refractivity contribution is -0.139. The van der Waals surface area contributed by atoms with E-state index in [-0.39, 0.29) is 11.6 Å². The number of nitrogens with zero attached hydrogens (tertiary/aromatic N) is 1. The normalized spacial score (nSPS) is 16.8. The predicted octanol–water partition coefficient (Wildman–Crippen LogP) is 0.576. The molecule has 1 amide bonds. The first kappa shape index (κ1) is 10.7. The third kappa shape index (κ3) is 2.21.